The Hall–Kier alpha value is -3.37. The van der Waals surface area contributed by atoms with Crippen molar-refractivity contribution in [1.82, 2.24) is 4.90 Å². The molecular weight excluding hydrogens is 384 g/mol. The summed E-state index contributed by atoms with van der Waals surface area (Å²) < 4.78 is 16.2. The molecule has 1 amide bonds. The van der Waals surface area contributed by atoms with Crippen LogP contribution in [0.25, 0.3) is 0 Å². The Labute approximate surface area is 175 Å². The molecule has 2 aromatic rings. The molecule has 0 aliphatic carbocycles. The van der Waals surface area contributed by atoms with Gasteiger partial charge in [-0.2, -0.15) is 5.26 Å². The Morgan fingerprint density at radius 1 is 1.17 bits per heavy atom. The molecule has 0 aromatic heterocycles. The Morgan fingerprint density at radius 2 is 1.87 bits per heavy atom. The van der Waals surface area contributed by atoms with Crippen molar-refractivity contribution in [3.05, 3.63) is 65.2 Å². The monoisotopic (exact) mass is 408 g/mol. The van der Waals surface area contributed by atoms with E-state index in [1.807, 2.05) is 36.4 Å². The Bertz CT molecular complexity index is 903. The topological polar surface area (TPSA) is 88.9 Å². The number of rotatable bonds is 8. The molecule has 1 aliphatic heterocycles. The molecule has 7 nitrogen and oxygen atoms in total. The normalized spacial score (nSPS) is 16.1. The van der Waals surface area contributed by atoms with Gasteiger partial charge in [-0.25, -0.2) is 0 Å². The van der Waals surface area contributed by atoms with Gasteiger partial charge in [0.15, 0.2) is 0 Å². The highest BCUT2D eigenvalue weighted by molar-refractivity contribution is 5.83. The fraction of sp³-hybridized carbons (Fsp3) is 0.348. The summed E-state index contributed by atoms with van der Waals surface area (Å²) in [5, 5.41) is 8.84. The predicted octanol–water partition coefficient (Wildman–Crippen LogP) is 2.47. The van der Waals surface area contributed by atoms with Crippen LogP contribution in [0.2, 0.25) is 0 Å². The van der Waals surface area contributed by atoms with Crippen molar-refractivity contribution in [1.29, 1.82) is 5.26 Å². The number of ether oxygens (including phenoxy) is 3. The second-order valence-corrected chi connectivity index (χ2v) is 6.94. The van der Waals surface area contributed by atoms with E-state index in [9.17, 15) is 9.59 Å². The summed E-state index contributed by atoms with van der Waals surface area (Å²) in [7, 11) is 0. The van der Waals surface area contributed by atoms with Crippen molar-refractivity contribution < 1.29 is 23.8 Å². The molecular formula is C23H24N2O5. The number of nitriles is 1. The van der Waals surface area contributed by atoms with Crippen molar-refractivity contribution in [2.45, 2.75) is 26.0 Å². The first-order valence-electron chi connectivity index (χ1n) is 9.82. The van der Waals surface area contributed by atoms with Gasteiger partial charge in [-0.1, -0.05) is 24.3 Å². The molecule has 7 heteroatoms. The summed E-state index contributed by atoms with van der Waals surface area (Å²) in [6, 6.07) is 16.8. The van der Waals surface area contributed by atoms with E-state index >= 15 is 0 Å². The summed E-state index contributed by atoms with van der Waals surface area (Å²) in [5.41, 5.74) is 2.61. The van der Waals surface area contributed by atoms with Crippen molar-refractivity contribution in [2.75, 3.05) is 26.4 Å². The average molecular weight is 408 g/mol. The van der Waals surface area contributed by atoms with Crippen LogP contribution in [0.3, 0.4) is 0 Å². The molecule has 156 valence electrons. The van der Waals surface area contributed by atoms with E-state index in [0.29, 0.717) is 25.2 Å². The standard InChI is InChI=1S/C23H24N2O5/c1-2-29-23(27)13-25-20(15-28-16-22(25)26)11-17-7-9-21(10-8-17)30-14-19-5-3-18(12-24)4-6-19/h3-10,20H,2,11,13-16H2,1H3/t20-/m0/s1. The van der Waals surface area contributed by atoms with Crippen LogP contribution >= 0.6 is 0 Å². The summed E-state index contributed by atoms with van der Waals surface area (Å²) in [4.78, 5) is 25.6. The number of amides is 1. The van der Waals surface area contributed by atoms with Gasteiger partial charge in [0, 0.05) is 0 Å². The molecule has 0 saturated carbocycles. The molecule has 1 aliphatic rings. The molecule has 0 spiro atoms. The molecule has 0 radical (unpaired) electrons. The van der Waals surface area contributed by atoms with Crippen molar-refractivity contribution in [3.63, 3.8) is 0 Å². The van der Waals surface area contributed by atoms with Crippen molar-refractivity contribution >= 4 is 11.9 Å². The maximum absolute atomic E-state index is 12.2. The van der Waals surface area contributed by atoms with Gasteiger partial charge in [-0.05, 0) is 48.7 Å². The molecule has 0 unspecified atom stereocenters. The number of hydrogen-bond donors (Lipinski definition) is 0. The molecule has 1 heterocycles. The molecule has 0 N–H and O–H groups in total. The van der Waals surface area contributed by atoms with Crippen LogP contribution in [0.4, 0.5) is 0 Å². The predicted molar refractivity (Wildman–Crippen MR) is 109 cm³/mol. The summed E-state index contributed by atoms with van der Waals surface area (Å²) >= 11 is 0. The van der Waals surface area contributed by atoms with Crippen molar-refractivity contribution in [3.8, 4) is 11.8 Å². The second-order valence-electron chi connectivity index (χ2n) is 6.94. The van der Waals surface area contributed by atoms with Gasteiger partial charge in [-0.3, -0.25) is 9.59 Å². The Kier molecular flexibility index (Phi) is 7.41. The fourth-order valence-corrected chi connectivity index (χ4v) is 3.23. The molecule has 1 atom stereocenters. The second kappa shape index (κ2) is 10.4. The third kappa shape index (κ3) is 5.82. The summed E-state index contributed by atoms with van der Waals surface area (Å²) in [5.74, 6) is 0.105. The van der Waals surface area contributed by atoms with Crippen LogP contribution < -0.4 is 4.74 Å². The van der Waals surface area contributed by atoms with Gasteiger partial charge >= 0.3 is 5.97 Å². The summed E-state index contributed by atoms with van der Waals surface area (Å²) in [6.07, 6.45) is 0.570. The number of carbonyl (C=O) groups excluding carboxylic acids is 2. The van der Waals surface area contributed by atoms with Crippen LogP contribution in [0.15, 0.2) is 48.5 Å². The largest absolute Gasteiger partial charge is 0.489 e. The molecule has 1 fully saturated rings. The number of benzene rings is 2. The zero-order chi connectivity index (χ0) is 21.3. The van der Waals surface area contributed by atoms with Crippen LogP contribution in [-0.4, -0.2) is 49.2 Å². The lowest BCUT2D eigenvalue weighted by molar-refractivity contribution is -0.158. The van der Waals surface area contributed by atoms with E-state index in [-0.39, 0.29) is 31.7 Å². The maximum atomic E-state index is 12.2. The Morgan fingerprint density at radius 3 is 2.53 bits per heavy atom. The highest BCUT2D eigenvalue weighted by Gasteiger charge is 2.30. The fourth-order valence-electron chi connectivity index (χ4n) is 3.23. The van der Waals surface area contributed by atoms with E-state index in [4.69, 9.17) is 19.5 Å². The molecule has 0 bridgehead atoms. The Balaban J connectivity index is 1.57. The minimum Gasteiger partial charge on any atom is -0.489 e. The smallest absolute Gasteiger partial charge is 0.325 e. The highest BCUT2D eigenvalue weighted by Crippen LogP contribution is 2.19. The van der Waals surface area contributed by atoms with E-state index < -0.39 is 5.97 Å². The van der Waals surface area contributed by atoms with Gasteiger partial charge in [-0.15, -0.1) is 0 Å². The maximum Gasteiger partial charge on any atom is 0.325 e. The minimum absolute atomic E-state index is 0.0158. The van der Waals surface area contributed by atoms with E-state index in [0.717, 1.165) is 16.9 Å². The number of hydrogen-bond acceptors (Lipinski definition) is 6. The van der Waals surface area contributed by atoms with Gasteiger partial charge in [0.05, 0.1) is 30.9 Å². The number of morpholine rings is 1. The third-order valence-electron chi connectivity index (χ3n) is 4.78. The first-order valence-corrected chi connectivity index (χ1v) is 9.82. The molecule has 30 heavy (non-hydrogen) atoms. The first-order chi connectivity index (χ1) is 14.6. The van der Waals surface area contributed by atoms with Crippen LogP contribution in [0, 0.1) is 11.3 Å². The van der Waals surface area contributed by atoms with E-state index in [1.165, 1.54) is 4.90 Å². The molecule has 1 saturated heterocycles. The van der Waals surface area contributed by atoms with Crippen molar-refractivity contribution in [2.24, 2.45) is 0 Å². The SMILES string of the molecule is CCOC(=O)CN1C(=O)COC[C@@H]1Cc1ccc(OCc2ccc(C#N)cc2)cc1. The van der Waals surface area contributed by atoms with Crippen LogP contribution in [-0.2, 0) is 32.1 Å². The van der Waals surface area contributed by atoms with Gasteiger partial charge in [0.2, 0.25) is 5.91 Å². The third-order valence-corrected chi connectivity index (χ3v) is 4.78. The number of esters is 1. The van der Waals surface area contributed by atoms with Gasteiger partial charge in [0.1, 0.15) is 25.5 Å². The van der Waals surface area contributed by atoms with E-state index in [1.54, 1.807) is 19.1 Å². The zero-order valence-electron chi connectivity index (χ0n) is 16.9. The summed E-state index contributed by atoms with van der Waals surface area (Å²) in [6.45, 7) is 2.73. The quantitative estimate of drug-likeness (QED) is 0.624. The molecule has 3 rings (SSSR count). The van der Waals surface area contributed by atoms with Crippen LogP contribution in [0.1, 0.15) is 23.6 Å². The minimum atomic E-state index is -0.413. The lowest BCUT2D eigenvalue weighted by Crippen LogP contribution is -2.52. The first kappa shape index (κ1) is 21.3. The number of nitrogens with zero attached hydrogens (tertiary/aromatic N) is 2. The van der Waals surface area contributed by atoms with E-state index in [2.05, 4.69) is 6.07 Å². The van der Waals surface area contributed by atoms with Crippen LogP contribution in [0.5, 0.6) is 5.75 Å². The zero-order valence-corrected chi connectivity index (χ0v) is 16.9. The number of carbonyl (C=O) groups is 2. The van der Waals surface area contributed by atoms with Gasteiger partial charge in [0.25, 0.3) is 0 Å². The average Bonchev–Trinajstić information content (AvgIpc) is 2.76. The van der Waals surface area contributed by atoms with Gasteiger partial charge < -0.3 is 19.1 Å². The molecule has 2 aromatic carbocycles. The lowest BCUT2D eigenvalue weighted by Gasteiger charge is -2.34. The lowest BCUT2D eigenvalue weighted by atomic mass is 10.0. The highest BCUT2D eigenvalue weighted by atomic mass is 16.5.